The highest BCUT2D eigenvalue weighted by molar-refractivity contribution is 7.12. The van der Waals surface area contributed by atoms with Gasteiger partial charge in [-0.2, -0.15) is 0 Å². The van der Waals surface area contributed by atoms with Crippen molar-refractivity contribution >= 4 is 17.2 Å². The second kappa shape index (κ2) is 8.57. The molecule has 1 atom stereocenters. The number of piperidine rings is 1. The minimum atomic E-state index is 0.216. The Hall–Kier alpha value is -2.09. The zero-order valence-electron chi connectivity index (χ0n) is 17.5. The summed E-state index contributed by atoms with van der Waals surface area (Å²) in [7, 11) is 0. The highest BCUT2D eigenvalue weighted by atomic mass is 32.1. The second-order valence-corrected chi connectivity index (χ2v) is 9.40. The average molecular weight is 428 g/mol. The van der Waals surface area contributed by atoms with Crippen LogP contribution in [-0.4, -0.2) is 72.7 Å². The molecular weight excluding hydrogens is 398 g/mol. The lowest BCUT2D eigenvalue weighted by Gasteiger charge is -2.43. The SMILES string of the molecule is Cc1ccsc1C(=O)N1CCC[C@@H](N2CCN(Cc3ccc4c(c3)OCO4)CC2)C1. The van der Waals surface area contributed by atoms with Crippen molar-refractivity contribution in [2.24, 2.45) is 0 Å². The number of amides is 1. The maximum atomic E-state index is 12.9. The molecule has 1 aromatic heterocycles. The van der Waals surface area contributed by atoms with Gasteiger partial charge in [-0.25, -0.2) is 0 Å². The Kier molecular flexibility index (Phi) is 5.67. The fourth-order valence-electron chi connectivity index (χ4n) is 4.76. The number of hydrogen-bond acceptors (Lipinski definition) is 6. The second-order valence-electron chi connectivity index (χ2n) is 8.48. The summed E-state index contributed by atoms with van der Waals surface area (Å²) in [4.78, 5) is 21.0. The highest BCUT2D eigenvalue weighted by Crippen LogP contribution is 2.33. The van der Waals surface area contributed by atoms with Crippen molar-refractivity contribution in [2.75, 3.05) is 46.1 Å². The van der Waals surface area contributed by atoms with Crippen LogP contribution in [0, 0.1) is 6.92 Å². The van der Waals surface area contributed by atoms with Crippen molar-refractivity contribution in [1.82, 2.24) is 14.7 Å². The van der Waals surface area contributed by atoms with Gasteiger partial charge in [0.15, 0.2) is 11.5 Å². The van der Waals surface area contributed by atoms with E-state index in [0.29, 0.717) is 12.8 Å². The summed E-state index contributed by atoms with van der Waals surface area (Å²) in [6, 6.07) is 8.77. The Morgan fingerprint density at radius 2 is 1.93 bits per heavy atom. The predicted octanol–water partition coefficient (Wildman–Crippen LogP) is 3.21. The molecule has 1 aromatic carbocycles. The van der Waals surface area contributed by atoms with E-state index in [0.717, 1.165) is 74.2 Å². The molecule has 2 saturated heterocycles. The van der Waals surface area contributed by atoms with Crippen LogP contribution in [0.5, 0.6) is 11.5 Å². The van der Waals surface area contributed by atoms with Crippen molar-refractivity contribution in [3.8, 4) is 11.5 Å². The van der Waals surface area contributed by atoms with E-state index in [-0.39, 0.29) is 5.91 Å². The molecule has 3 aliphatic rings. The Morgan fingerprint density at radius 1 is 1.10 bits per heavy atom. The minimum Gasteiger partial charge on any atom is -0.454 e. The molecule has 0 saturated carbocycles. The van der Waals surface area contributed by atoms with Gasteiger partial charge in [-0.05, 0) is 54.5 Å². The summed E-state index contributed by atoms with van der Waals surface area (Å²) in [5.74, 6) is 1.92. The number of thiophene rings is 1. The third kappa shape index (κ3) is 4.06. The predicted molar refractivity (Wildman–Crippen MR) is 117 cm³/mol. The van der Waals surface area contributed by atoms with Crippen LogP contribution in [0.3, 0.4) is 0 Å². The zero-order valence-corrected chi connectivity index (χ0v) is 18.3. The number of benzene rings is 1. The first kappa shape index (κ1) is 19.8. The van der Waals surface area contributed by atoms with Gasteiger partial charge >= 0.3 is 0 Å². The number of piperazine rings is 1. The van der Waals surface area contributed by atoms with Crippen LogP contribution < -0.4 is 9.47 Å². The zero-order chi connectivity index (χ0) is 20.5. The summed E-state index contributed by atoms with van der Waals surface area (Å²) in [5.41, 5.74) is 2.37. The number of fused-ring (bicyclic) bond motifs is 1. The van der Waals surface area contributed by atoms with Crippen molar-refractivity contribution in [1.29, 1.82) is 0 Å². The number of ether oxygens (including phenoxy) is 2. The third-order valence-corrected chi connectivity index (χ3v) is 7.51. The molecule has 5 rings (SSSR count). The van der Waals surface area contributed by atoms with Crippen molar-refractivity contribution in [3.05, 3.63) is 45.6 Å². The van der Waals surface area contributed by atoms with E-state index in [2.05, 4.69) is 26.8 Å². The summed E-state index contributed by atoms with van der Waals surface area (Å²) in [6.07, 6.45) is 2.29. The molecule has 0 bridgehead atoms. The van der Waals surface area contributed by atoms with Crippen LogP contribution in [0.15, 0.2) is 29.6 Å². The summed E-state index contributed by atoms with van der Waals surface area (Å²) in [5, 5.41) is 2.02. The topological polar surface area (TPSA) is 45.3 Å². The maximum absolute atomic E-state index is 12.9. The molecule has 0 unspecified atom stereocenters. The number of nitrogens with zero attached hydrogens (tertiary/aromatic N) is 3. The van der Waals surface area contributed by atoms with Gasteiger partial charge in [0, 0.05) is 51.9 Å². The van der Waals surface area contributed by atoms with Gasteiger partial charge in [-0.1, -0.05) is 6.07 Å². The first-order chi connectivity index (χ1) is 14.7. The standard InChI is InChI=1S/C23H29N3O3S/c1-17-6-12-30-22(17)23(27)26-7-2-3-19(15-26)25-10-8-24(9-11-25)14-18-4-5-20-21(13-18)29-16-28-20/h4-6,12-13,19H,2-3,7-11,14-16H2,1H3/t19-/m1/s1. The number of rotatable bonds is 4. The van der Waals surface area contributed by atoms with Gasteiger partial charge in [0.2, 0.25) is 6.79 Å². The largest absolute Gasteiger partial charge is 0.454 e. The summed E-state index contributed by atoms with van der Waals surface area (Å²) < 4.78 is 10.9. The highest BCUT2D eigenvalue weighted by Gasteiger charge is 2.31. The molecule has 7 heteroatoms. The van der Waals surface area contributed by atoms with Gasteiger partial charge in [0.25, 0.3) is 5.91 Å². The van der Waals surface area contributed by atoms with E-state index in [9.17, 15) is 4.79 Å². The minimum absolute atomic E-state index is 0.216. The van der Waals surface area contributed by atoms with Gasteiger partial charge in [-0.3, -0.25) is 14.6 Å². The Labute approximate surface area is 182 Å². The molecule has 0 spiro atoms. The Balaban J connectivity index is 1.14. The van der Waals surface area contributed by atoms with Crippen LogP contribution in [0.1, 0.15) is 33.6 Å². The number of carbonyl (C=O) groups excluding carboxylic acids is 1. The van der Waals surface area contributed by atoms with E-state index in [1.165, 1.54) is 12.0 Å². The van der Waals surface area contributed by atoms with E-state index in [1.54, 1.807) is 11.3 Å². The van der Waals surface area contributed by atoms with E-state index < -0.39 is 0 Å². The molecular formula is C23H29N3O3S. The molecule has 2 fully saturated rings. The number of hydrogen-bond donors (Lipinski definition) is 0. The number of carbonyl (C=O) groups is 1. The molecule has 0 radical (unpaired) electrons. The first-order valence-electron chi connectivity index (χ1n) is 10.9. The number of likely N-dealkylation sites (tertiary alicyclic amines) is 1. The first-order valence-corrected chi connectivity index (χ1v) is 11.7. The van der Waals surface area contributed by atoms with E-state index in [4.69, 9.17) is 9.47 Å². The van der Waals surface area contributed by atoms with E-state index >= 15 is 0 Å². The average Bonchev–Trinajstić information content (AvgIpc) is 3.42. The van der Waals surface area contributed by atoms with Gasteiger partial charge in [0.1, 0.15) is 0 Å². The van der Waals surface area contributed by atoms with Crippen LogP contribution in [0.25, 0.3) is 0 Å². The fourth-order valence-corrected chi connectivity index (χ4v) is 5.65. The Bertz CT molecular complexity index is 907. The van der Waals surface area contributed by atoms with Crippen LogP contribution in [0.4, 0.5) is 0 Å². The summed E-state index contributed by atoms with van der Waals surface area (Å²) >= 11 is 1.57. The van der Waals surface area contributed by atoms with Crippen molar-refractivity contribution < 1.29 is 14.3 Å². The quantitative estimate of drug-likeness (QED) is 0.750. The lowest BCUT2D eigenvalue weighted by atomic mass is 10.0. The molecule has 30 heavy (non-hydrogen) atoms. The van der Waals surface area contributed by atoms with Gasteiger partial charge < -0.3 is 14.4 Å². The molecule has 0 N–H and O–H groups in total. The molecule has 160 valence electrons. The third-order valence-electron chi connectivity index (χ3n) is 6.51. The normalized spacial score (nSPS) is 22.4. The lowest BCUT2D eigenvalue weighted by Crippen LogP contribution is -2.55. The van der Waals surface area contributed by atoms with Crippen LogP contribution in [0.2, 0.25) is 0 Å². The van der Waals surface area contributed by atoms with Crippen LogP contribution in [-0.2, 0) is 6.54 Å². The van der Waals surface area contributed by atoms with Crippen molar-refractivity contribution in [2.45, 2.75) is 32.4 Å². The fraction of sp³-hybridized carbons (Fsp3) is 0.522. The molecule has 2 aromatic rings. The monoisotopic (exact) mass is 427 g/mol. The molecule has 6 nitrogen and oxygen atoms in total. The smallest absolute Gasteiger partial charge is 0.264 e. The molecule has 3 aliphatic heterocycles. The van der Waals surface area contributed by atoms with Gasteiger partial charge in [-0.15, -0.1) is 11.3 Å². The molecule has 1 amide bonds. The summed E-state index contributed by atoms with van der Waals surface area (Å²) in [6.45, 7) is 9.29. The van der Waals surface area contributed by atoms with Crippen molar-refractivity contribution in [3.63, 3.8) is 0 Å². The lowest BCUT2D eigenvalue weighted by molar-refractivity contribution is 0.0410. The van der Waals surface area contributed by atoms with Crippen LogP contribution >= 0.6 is 11.3 Å². The maximum Gasteiger partial charge on any atom is 0.264 e. The Morgan fingerprint density at radius 3 is 2.73 bits per heavy atom. The molecule has 4 heterocycles. The van der Waals surface area contributed by atoms with Gasteiger partial charge in [0.05, 0.1) is 4.88 Å². The molecule has 0 aliphatic carbocycles. The number of aryl methyl sites for hydroxylation is 1. The van der Waals surface area contributed by atoms with E-state index in [1.807, 2.05) is 24.4 Å².